The molecule has 0 radical (unpaired) electrons. The van der Waals surface area contributed by atoms with Gasteiger partial charge in [-0.2, -0.15) is 11.8 Å². The summed E-state index contributed by atoms with van der Waals surface area (Å²) in [5, 5.41) is 0.651. The van der Waals surface area contributed by atoms with Gasteiger partial charge in [0.15, 0.2) is 0 Å². The van der Waals surface area contributed by atoms with Crippen molar-refractivity contribution in [3.05, 3.63) is 0 Å². The van der Waals surface area contributed by atoms with Crippen LogP contribution in [0.2, 0.25) is 0 Å². The molecule has 0 spiro atoms. The molecule has 1 aliphatic heterocycles. The molecule has 3 nitrogen and oxygen atoms in total. The number of nitrogens with zero attached hydrogens (tertiary/aromatic N) is 1. The summed E-state index contributed by atoms with van der Waals surface area (Å²) >= 11 is 2.03. The highest BCUT2D eigenvalue weighted by Gasteiger charge is 2.34. The van der Waals surface area contributed by atoms with Gasteiger partial charge in [-0.3, -0.25) is 4.79 Å². The van der Waals surface area contributed by atoms with Crippen molar-refractivity contribution in [2.75, 3.05) is 25.4 Å². The third-order valence-corrected chi connectivity index (χ3v) is 7.25. The van der Waals surface area contributed by atoms with E-state index in [2.05, 4.69) is 6.92 Å². The quantitative estimate of drug-likeness (QED) is 0.745. The van der Waals surface area contributed by atoms with Crippen molar-refractivity contribution >= 4 is 17.7 Å². The summed E-state index contributed by atoms with van der Waals surface area (Å²) in [4.78, 5) is 14.4. The maximum absolute atomic E-state index is 12.4. The summed E-state index contributed by atoms with van der Waals surface area (Å²) in [6.45, 7) is 4.11. The van der Waals surface area contributed by atoms with Crippen LogP contribution in [-0.4, -0.2) is 47.6 Å². The molecule has 3 fully saturated rings. The lowest BCUT2D eigenvalue weighted by Crippen LogP contribution is -2.39. The molecule has 126 valence electrons. The van der Waals surface area contributed by atoms with Crippen LogP contribution in [0.1, 0.15) is 58.3 Å². The van der Waals surface area contributed by atoms with Crippen molar-refractivity contribution in [2.24, 2.45) is 11.8 Å². The van der Waals surface area contributed by atoms with Gasteiger partial charge in [-0.15, -0.1) is 0 Å². The van der Waals surface area contributed by atoms with Crippen LogP contribution < -0.4 is 0 Å². The monoisotopic (exact) mass is 325 g/mol. The fourth-order valence-electron chi connectivity index (χ4n) is 4.53. The maximum atomic E-state index is 12.4. The van der Waals surface area contributed by atoms with E-state index in [0.717, 1.165) is 24.9 Å². The Morgan fingerprint density at radius 1 is 1.14 bits per heavy atom. The molecule has 4 heteroatoms. The van der Waals surface area contributed by atoms with Gasteiger partial charge in [0.05, 0.1) is 6.10 Å². The Morgan fingerprint density at radius 3 is 2.77 bits per heavy atom. The molecule has 1 amide bonds. The van der Waals surface area contributed by atoms with Crippen molar-refractivity contribution in [1.82, 2.24) is 4.90 Å². The minimum absolute atomic E-state index is 0.198. The van der Waals surface area contributed by atoms with Crippen LogP contribution in [0.25, 0.3) is 0 Å². The molecule has 4 unspecified atom stereocenters. The third kappa shape index (κ3) is 4.19. The second kappa shape index (κ2) is 8.05. The van der Waals surface area contributed by atoms with E-state index in [4.69, 9.17) is 4.74 Å². The van der Waals surface area contributed by atoms with Gasteiger partial charge < -0.3 is 9.64 Å². The van der Waals surface area contributed by atoms with E-state index in [0.29, 0.717) is 18.0 Å². The number of carbonyl (C=O) groups excluding carboxylic acids is 1. The van der Waals surface area contributed by atoms with Crippen LogP contribution in [0, 0.1) is 11.8 Å². The zero-order valence-electron chi connectivity index (χ0n) is 14.0. The minimum Gasteiger partial charge on any atom is -0.368 e. The van der Waals surface area contributed by atoms with Gasteiger partial charge in [0.2, 0.25) is 5.91 Å². The number of hydrogen-bond acceptors (Lipinski definition) is 3. The molecule has 1 saturated heterocycles. The highest BCUT2D eigenvalue weighted by Crippen LogP contribution is 2.42. The Labute approximate surface area is 139 Å². The third-order valence-electron chi connectivity index (χ3n) is 5.87. The van der Waals surface area contributed by atoms with Crippen molar-refractivity contribution in [1.29, 1.82) is 0 Å². The minimum atomic E-state index is 0.198. The molecule has 4 atom stereocenters. The van der Waals surface area contributed by atoms with Crippen LogP contribution >= 0.6 is 11.8 Å². The first-order valence-corrected chi connectivity index (χ1v) is 10.3. The predicted molar refractivity (Wildman–Crippen MR) is 92.2 cm³/mol. The van der Waals surface area contributed by atoms with E-state index in [1.165, 1.54) is 57.1 Å². The number of fused-ring (bicyclic) bond motifs is 1. The summed E-state index contributed by atoms with van der Waals surface area (Å²) in [6.07, 6.45) is 10.8. The Morgan fingerprint density at radius 2 is 2.00 bits per heavy atom. The van der Waals surface area contributed by atoms with Crippen molar-refractivity contribution in [3.63, 3.8) is 0 Å². The number of ether oxygens (including phenoxy) is 1. The second-order valence-electron chi connectivity index (χ2n) is 7.26. The molecule has 0 bridgehead atoms. The van der Waals surface area contributed by atoms with Gasteiger partial charge >= 0.3 is 0 Å². The molecule has 0 aromatic heterocycles. The Balaban J connectivity index is 1.40. The number of likely N-dealkylation sites (N-methyl/N-ethyl adjacent to an activating group) is 1. The molecule has 3 rings (SSSR count). The van der Waals surface area contributed by atoms with Gasteiger partial charge in [0, 0.05) is 18.3 Å². The van der Waals surface area contributed by atoms with Gasteiger partial charge in [0.25, 0.3) is 0 Å². The zero-order valence-corrected chi connectivity index (χ0v) is 14.8. The molecule has 1 heterocycles. The first-order valence-electron chi connectivity index (χ1n) is 9.27. The summed E-state index contributed by atoms with van der Waals surface area (Å²) in [5.41, 5.74) is 0. The fourth-order valence-corrected chi connectivity index (χ4v) is 5.82. The molecular weight excluding hydrogens is 294 g/mol. The molecule has 3 aliphatic rings. The maximum Gasteiger partial charge on any atom is 0.248 e. The first kappa shape index (κ1) is 16.6. The van der Waals surface area contributed by atoms with E-state index < -0.39 is 0 Å². The Bertz CT molecular complexity index is 370. The van der Waals surface area contributed by atoms with Crippen molar-refractivity contribution < 1.29 is 9.53 Å². The van der Waals surface area contributed by atoms with E-state index >= 15 is 0 Å². The predicted octanol–water partition coefficient (Wildman–Crippen LogP) is 3.72. The standard InChI is InChI=1S/C18H31NO2S/c1-2-19(12-17-7-4-10-22-17)18(20)13-21-16-9-8-14-5-3-6-15(14)11-16/h14-17H,2-13H2,1H3. The van der Waals surface area contributed by atoms with Crippen LogP contribution in [0.5, 0.6) is 0 Å². The van der Waals surface area contributed by atoms with E-state index in [1.54, 1.807) is 0 Å². The molecule has 22 heavy (non-hydrogen) atoms. The van der Waals surface area contributed by atoms with E-state index in [9.17, 15) is 4.79 Å². The van der Waals surface area contributed by atoms with Gasteiger partial charge in [-0.25, -0.2) is 0 Å². The Kier molecular flexibility index (Phi) is 6.09. The lowest BCUT2D eigenvalue weighted by molar-refractivity contribution is -0.139. The van der Waals surface area contributed by atoms with Crippen molar-refractivity contribution in [3.8, 4) is 0 Å². The van der Waals surface area contributed by atoms with Crippen LogP contribution in [-0.2, 0) is 9.53 Å². The molecule has 0 aromatic carbocycles. The molecule has 0 aromatic rings. The summed E-state index contributed by atoms with van der Waals surface area (Å²) in [7, 11) is 0. The molecular formula is C18H31NO2S. The lowest BCUT2D eigenvalue weighted by Gasteiger charge is -2.32. The lowest BCUT2D eigenvalue weighted by atomic mass is 9.80. The highest BCUT2D eigenvalue weighted by molar-refractivity contribution is 8.00. The SMILES string of the molecule is CCN(CC1CCCS1)C(=O)COC1CCC2CCCC2C1. The van der Waals surface area contributed by atoms with Crippen LogP contribution in [0.15, 0.2) is 0 Å². The van der Waals surface area contributed by atoms with Crippen LogP contribution in [0.4, 0.5) is 0 Å². The van der Waals surface area contributed by atoms with E-state index in [-0.39, 0.29) is 5.91 Å². The average molecular weight is 326 g/mol. The smallest absolute Gasteiger partial charge is 0.248 e. The number of hydrogen-bond donors (Lipinski definition) is 0. The number of carbonyl (C=O) groups is 1. The van der Waals surface area contributed by atoms with Gasteiger partial charge in [0.1, 0.15) is 6.61 Å². The summed E-state index contributed by atoms with van der Waals surface area (Å²) in [6, 6.07) is 0. The topological polar surface area (TPSA) is 29.5 Å². The largest absolute Gasteiger partial charge is 0.368 e. The van der Waals surface area contributed by atoms with Crippen LogP contribution in [0.3, 0.4) is 0 Å². The summed E-state index contributed by atoms with van der Waals surface area (Å²) < 4.78 is 6.00. The first-order chi connectivity index (χ1) is 10.8. The second-order valence-corrected chi connectivity index (χ2v) is 8.67. The fraction of sp³-hybridized carbons (Fsp3) is 0.944. The highest BCUT2D eigenvalue weighted by atomic mass is 32.2. The zero-order chi connectivity index (χ0) is 15.4. The normalized spacial score (nSPS) is 34.6. The number of rotatable bonds is 6. The Hall–Kier alpha value is -0.220. The van der Waals surface area contributed by atoms with Crippen molar-refractivity contribution in [2.45, 2.75) is 69.6 Å². The average Bonchev–Trinajstić information content (AvgIpc) is 3.20. The molecule has 0 N–H and O–H groups in total. The van der Waals surface area contributed by atoms with Gasteiger partial charge in [-0.05, 0) is 56.6 Å². The summed E-state index contributed by atoms with van der Waals surface area (Å²) in [5.74, 6) is 3.30. The van der Waals surface area contributed by atoms with E-state index in [1.807, 2.05) is 16.7 Å². The number of thioether (sulfide) groups is 1. The molecule has 2 aliphatic carbocycles. The number of amides is 1. The van der Waals surface area contributed by atoms with Gasteiger partial charge in [-0.1, -0.05) is 19.3 Å². The molecule has 2 saturated carbocycles.